The van der Waals surface area contributed by atoms with Crippen molar-refractivity contribution < 1.29 is 34.0 Å². The highest BCUT2D eigenvalue weighted by Gasteiger charge is 2.51. The van der Waals surface area contributed by atoms with Crippen molar-refractivity contribution in [3.8, 4) is 0 Å². The average Bonchev–Trinajstić information content (AvgIpc) is 3.06. The first kappa shape index (κ1) is 21.1. The van der Waals surface area contributed by atoms with Crippen molar-refractivity contribution in [1.29, 1.82) is 0 Å². The molecule has 28 heavy (non-hydrogen) atoms. The normalized spacial score (nSPS) is 38.1. The number of fused-ring (bicyclic) bond motifs is 1. The van der Waals surface area contributed by atoms with E-state index in [1.807, 2.05) is 0 Å². The fraction of sp³-hybridized carbons (Fsp3) is 0.810. The van der Waals surface area contributed by atoms with Gasteiger partial charge in [-0.25, -0.2) is 4.79 Å². The molecule has 2 aliphatic carbocycles. The molecule has 0 bridgehead atoms. The lowest BCUT2D eigenvalue weighted by Crippen LogP contribution is -2.46. The molecule has 0 radical (unpaired) electrons. The molecule has 7 unspecified atom stereocenters. The maximum atomic E-state index is 13.0. The van der Waals surface area contributed by atoms with Crippen molar-refractivity contribution in [2.75, 3.05) is 7.11 Å². The van der Waals surface area contributed by atoms with Crippen LogP contribution in [0.5, 0.6) is 0 Å². The molecule has 2 N–H and O–H groups in total. The molecule has 1 aliphatic heterocycles. The number of ether oxygens (including phenoxy) is 3. The van der Waals surface area contributed by atoms with Gasteiger partial charge >= 0.3 is 11.9 Å². The van der Waals surface area contributed by atoms with E-state index < -0.39 is 29.7 Å². The van der Waals surface area contributed by atoms with Crippen LogP contribution in [-0.2, 0) is 23.8 Å². The van der Waals surface area contributed by atoms with E-state index in [9.17, 15) is 19.8 Å². The Morgan fingerprint density at radius 1 is 1.21 bits per heavy atom. The first-order valence-electron chi connectivity index (χ1n) is 10.2. The van der Waals surface area contributed by atoms with E-state index in [0.29, 0.717) is 30.8 Å². The molecule has 0 aromatic rings. The molecule has 1 heterocycles. The van der Waals surface area contributed by atoms with Gasteiger partial charge in [-0.1, -0.05) is 13.3 Å². The van der Waals surface area contributed by atoms with Gasteiger partial charge in [-0.3, -0.25) is 4.79 Å². The lowest BCUT2D eigenvalue weighted by atomic mass is 9.73. The van der Waals surface area contributed by atoms with Crippen LogP contribution in [0.25, 0.3) is 0 Å². The van der Waals surface area contributed by atoms with Gasteiger partial charge in [-0.2, -0.15) is 0 Å². The summed E-state index contributed by atoms with van der Waals surface area (Å²) in [7, 11) is 1.30. The Hall–Kier alpha value is -1.60. The Labute approximate surface area is 166 Å². The van der Waals surface area contributed by atoms with Crippen molar-refractivity contribution in [2.24, 2.45) is 29.6 Å². The molecule has 158 valence electrons. The molecule has 2 saturated carbocycles. The Morgan fingerprint density at radius 2 is 1.93 bits per heavy atom. The van der Waals surface area contributed by atoms with E-state index in [4.69, 9.17) is 14.2 Å². The number of hydrogen-bond acceptors (Lipinski definition) is 7. The third-order valence-electron chi connectivity index (χ3n) is 6.73. The predicted octanol–water partition coefficient (Wildman–Crippen LogP) is 2.15. The zero-order valence-electron chi connectivity index (χ0n) is 17.1. The summed E-state index contributed by atoms with van der Waals surface area (Å²) in [5, 5.41) is 20.9. The Bertz CT molecular complexity index is 635. The van der Waals surface area contributed by atoms with Crippen molar-refractivity contribution in [3.63, 3.8) is 0 Å². The fourth-order valence-corrected chi connectivity index (χ4v) is 5.20. The van der Waals surface area contributed by atoms with E-state index in [1.165, 1.54) is 13.4 Å². The van der Waals surface area contributed by atoms with Crippen LogP contribution >= 0.6 is 0 Å². The summed E-state index contributed by atoms with van der Waals surface area (Å²) in [6, 6.07) is 0. The van der Waals surface area contributed by atoms with Gasteiger partial charge in [0.05, 0.1) is 30.5 Å². The van der Waals surface area contributed by atoms with Gasteiger partial charge in [0.2, 0.25) is 6.29 Å². The summed E-state index contributed by atoms with van der Waals surface area (Å²) in [4.78, 5) is 25.0. The molecule has 3 aliphatic rings. The summed E-state index contributed by atoms with van der Waals surface area (Å²) in [6.07, 6.45) is 3.35. The van der Waals surface area contributed by atoms with E-state index in [1.54, 1.807) is 13.8 Å². The number of esters is 2. The topological polar surface area (TPSA) is 102 Å². The SMILES string of the molecule is COC(=O)C1=COC(O)C2C(C(=O)OC3CC(C)CCC3C(C)(C)O)CCC12. The van der Waals surface area contributed by atoms with Crippen molar-refractivity contribution in [2.45, 2.75) is 70.9 Å². The molecule has 0 aromatic carbocycles. The van der Waals surface area contributed by atoms with Crippen molar-refractivity contribution in [3.05, 3.63) is 11.8 Å². The summed E-state index contributed by atoms with van der Waals surface area (Å²) >= 11 is 0. The zero-order chi connectivity index (χ0) is 20.6. The third-order valence-corrected chi connectivity index (χ3v) is 6.73. The lowest BCUT2D eigenvalue weighted by Gasteiger charge is -2.41. The Morgan fingerprint density at radius 3 is 2.57 bits per heavy atom. The minimum Gasteiger partial charge on any atom is -0.472 e. The number of carbonyl (C=O) groups is 2. The van der Waals surface area contributed by atoms with E-state index in [2.05, 4.69) is 6.92 Å². The second-order valence-corrected chi connectivity index (χ2v) is 9.11. The average molecular weight is 396 g/mol. The molecule has 0 amide bonds. The number of hydrogen-bond donors (Lipinski definition) is 2. The van der Waals surface area contributed by atoms with Crippen LogP contribution < -0.4 is 0 Å². The highest BCUT2D eigenvalue weighted by molar-refractivity contribution is 5.89. The van der Waals surface area contributed by atoms with Crippen LogP contribution in [0.15, 0.2) is 11.8 Å². The summed E-state index contributed by atoms with van der Waals surface area (Å²) < 4.78 is 15.9. The molecule has 0 saturated heterocycles. The van der Waals surface area contributed by atoms with Crippen LogP contribution in [0.4, 0.5) is 0 Å². The minimum absolute atomic E-state index is 0.122. The highest BCUT2D eigenvalue weighted by Crippen LogP contribution is 2.47. The largest absolute Gasteiger partial charge is 0.472 e. The van der Waals surface area contributed by atoms with E-state index >= 15 is 0 Å². The first-order chi connectivity index (χ1) is 13.1. The monoisotopic (exact) mass is 396 g/mol. The molecule has 3 rings (SSSR count). The number of aliphatic hydroxyl groups is 2. The molecule has 7 atom stereocenters. The predicted molar refractivity (Wildman–Crippen MR) is 99.6 cm³/mol. The number of methoxy groups -OCH3 is 1. The van der Waals surface area contributed by atoms with Gasteiger partial charge in [0, 0.05) is 17.8 Å². The van der Waals surface area contributed by atoms with Crippen LogP contribution in [0.1, 0.15) is 52.9 Å². The molecule has 2 fully saturated rings. The van der Waals surface area contributed by atoms with E-state index in [0.717, 1.165) is 12.8 Å². The molecule has 0 spiro atoms. The van der Waals surface area contributed by atoms with Crippen LogP contribution in [0, 0.1) is 29.6 Å². The van der Waals surface area contributed by atoms with Gasteiger partial charge in [0.15, 0.2) is 0 Å². The summed E-state index contributed by atoms with van der Waals surface area (Å²) in [5.74, 6) is -1.95. The van der Waals surface area contributed by atoms with Gasteiger partial charge in [0.25, 0.3) is 0 Å². The van der Waals surface area contributed by atoms with Gasteiger partial charge in [-0.15, -0.1) is 0 Å². The summed E-state index contributed by atoms with van der Waals surface area (Å²) in [5.41, 5.74) is -0.578. The van der Waals surface area contributed by atoms with Gasteiger partial charge < -0.3 is 24.4 Å². The molecule has 0 aromatic heterocycles. The number of aliphatic hydroxyl groups excluding tert-OH is 1. The molecular weight excluding hydrogens is 364 g/mol. The van der Waals surface area contributed by atoms with Gasteiger partial charge in [0.1, 0.15) is 6.10 Å². The standard InChI is InChI=1S/C21H32O7/c1-11-5-8-15(21(2,3)25)16(9-11)28-19(23)13-7-6-12-14(18(22)26-4)10-27-20(24)17(12)13/h10-13,15-17,20,24-25H,5-9H2,1-4H3. The molecule has 7 heteroatoms. The maximum Gasteiger partial charge on any atom is 0.337 e. The fourth-order valence-electron chi connectivity index (χ4n) is 5.20. The second kappa shape index (κ2) is 8.03. The lowest BCUT2D eigenvalue weighted by molar-refractivity contribution is -0.178. The maximum absolute atomic E-state index is 13.0. The smallest absolute Gasteiger partial charge is 0.337 e. The van der Waals surface area contributed by atoms with E-state index in [-0.39, 0.29) is 23.9 Å². The van der Waals surface area contributed by atoms with Crippen LogP contribution in [-0.4, -0.2) is 47.3 Å². The highest BCUT2D eigenvalue weighted by atomic mass is 16.6. The minimum atomic E-state index is -1.16. The quantitative estimate of drug-likeness (QED) is 0.702. The number of carbonyl (C=O) groups excluding carboxylic acids is 2. The summed E-state index contributed by atoms with van der Waals surface area (Å²) in [6.45, 7) is 5.64. The molecule has 7 nitrogen and oxygen atoms in total. The first-order valence-corrected chi connectivity index (χ1v) is 10.2. The second-order valence-electron chi connectivity index (χ2n) is 9.11. The Kier molecular flexibility index (Phi) is 6.05. The van der Waals surface area contributed by atoms with Crippen molar-refractivity contribution in [1.82, 2.24) is 0 Å². The van der Waals surface area contributed by atoms with Crippen molar-refractivity contribution >= 4 is 11.9 Å². The van der Waals surface area contributed by atoms with Gasteiger partial charge in [-0.05, 0) is 45.4 Å². The van der Waals surface area contributed by atoms with Crippen LogP contribution in [0.3, 0.4) is 0 Å². The number of rotatable bonds is 4. The third kappa shape index (κ3) is 4.06. The molecular formula is C21H32O7. The van der Waals surface area contributed by atoms with Crippen LogP contribution in [0.2, 0.25) is 0 Å². The Balaban J connectivity index is 1.74. The zero-order valence-corrected chi connectivity index (χ0v) is 17.1.